The molecule has 1 aliphatic rings. The Labute approximate surface area is 319 Å². The molecule has 2 nitrogen and oxygen atoms in total. The Morgan fingerprint density at radius 2 is 0.927 bits per heavy atom. The van der Waals surface area contributed by atoms with E-state index in [1.54, 1.807) is 0 Å². The lowest BCUT2D eigenvalue weighted by Crippen LogP contribution is -2.14. The van der Waals surface area contributed by atoms with Crippen LogP contribution in [0.5, 0.6) is 0 Å². The van der Waals surface area contributed by atoms with Crippen LogP contribution in [0, 0.1) is 0 Å². The monoisotopic (exact) mass is 700 g/mol. The van der Waals surface area contributed by atoms with E-state index >= 15 is 0 Å². The SMILES string of the molecule is CC1(C)c2ccccc2-c2c1ccc1ccc3cc(-n4c5ccccc5c5cc(-c6ccc7c(c6)c6ccccc6n7-c6ccccc6)ccc54)ccc3c21. The van der Waals surface area contributed by atoms with Gasteiger partial charge in [0.05, 0.1) is 22.1 Å². The third-order valence-corrected chi connectivity index (χ3v) is 12.5. The topological polar surface area (TPSA) is 9.86 Å². The van der Waals surface area contributed by atoms with E-state index in [2.05, 4.69) is 205 Å². The number of nitrogens with zero attached hydrogens (tertiary/aromatic N) is 2. The zero-order chi connectivity index (χ0) is 36.4. The lowest BCUT2D eigenvalue weighted by atomic mass is 9.82. The molecule has 0 atom stereocenters. The second-order valence-electron chi connectivity index (χ2n) is 15.7. The van der Waals surface area contributed by atoms with Crippen molar-refractivity contribution in [2.45, 2.75) is 19.3 Å². The highest BCUT2D eigenvalue weighted by Crippen LogP contribution is 2.52. The standard InChI is InChI=1S/C53H36N2/c1-53(2)45-17-9-6-16-42(45)52-46(53)27-22-33-20-21-36-30-38(25-26-39(36)51(33)52)55-48-19-11-8-15-41(48)44-32-35(24-29-50(44)55)34-23-28-49-43(31-34)40-14-7-10-18-47(40)54(49)37-12-4-3-5-13-37/h3-32H,1-2H3. The van der Waals surface area contributed by atoms with Crippen LogP contribution in [-0.4, -0.2) is 9.13 Å². The highest BCUT2D eigenvalue weighted by Gasteiger charge is 2.36. The fraction of sp³-hybridized carbons (Fsp3) is 0.0566. The van der Waals surface area contributed by atoms with Gasteiger partial charge in [0.1, 0.15) is 0 Å². The van der Waals surface area contributed by atoms with Crippen LogP contribution >= 0.6 is 0 Å². The van der Waals surface area contributed by atoms with Crippen LogP contribution in [0.3, 0.4) is 0 Å². The number of hydrogen-bond donors (Lipinski definition) is 0. The number of rotatable bonds is 3. The van der Waals surface area contributed by atoms with Gasteiger partial charge in [-0.1, -0.05) is 135 Å². The Balaban J connectivity index is 1.03. The summed E-state index contributed by atoms with van der Waals surface area (Å²) in [6.07, 6.45) is 0. The summed E-state index contributed by atoms with van der Waals surface area (Å²) < 4.78 is 4.83. The first-order valence-electron chi connectivity index (χ1n) is 19.3. The molecule has 12 rings (SSSR count). The van der Waals surface area contributed by atoms with Crippen molar-refractivity contribution in [2.75, 3.05) is 0 Å². The van der Waals surface area contributed by atoms with Gasteiger partial charge in [0.15, 0.2) is 0 Å². The predicted molar refractivity (Wildman–Crippen MR) is 233 cm³/mol. The van der Waals surface area contributed by atoms with E-state index in [4.69, 9.17) is 0 Å². The van der Waals surface area contributed by atoms with Gasteiger partial charge in [-0.3, -0.25) is 0 Å². The van der Waals surface area contributed by atoms with E-state index in [-0.39, 0.29) is 5.41 Å². The molecule has 258 valence electrons. The van der Waals surface area contributed by atoms with Crippen LogP contribution in [-0.2, 0) is 5.41 Å². The molecule has 11 aromatic rings. The normalized spacial score (nSPS) is 13.4. The maximum absolute atomic E-state index is 2.45. The van der Waals surface area contributed by atoms with Gasteiger partial charge >= 0.3 is 0 Å². The van der Waals surface area contributed by atoms with Crippen molar-refractivity contribution in [3.63, 3.8) is 0 Å². The maximum Gasteiger partial charge on any atom is 0.0541 e. The van der Waals surface area contributed by atoms with Crippen LogP contribution in [0.4, 0.5) is 0 Å². The van der Waals surface area contributed by atoms with Gasteiger partial charge in [0, 0.05) is 38.3 Å². The van der Waals surface area contributed by atoms with Gasteiger partial charge in [0.25, 0.3) is 0 Å². The Kier molecular flexibility index (Phi) is 6.15. The number of hydrogen-bond acceptors (Lipinski definition) is 0. The number of fused-ring (bicyclic) bond motifs is 13. The third-order valence-electron chi connectivity index (χ3n) is 12.5. The van der Waals surface area contributed by atoms with Gasteiger partial charge < -0.3 is 9.13 Å². The molecule has 2 heterocycles. The average molecular weight is 701 g/mol. The second-order valence-corrected chi connectivity index (χ2v) is 15.7. The minimum atomic E-state index is -0.0309. The molecule has 0 fully saturated rings. The molecule has 0 bridgehead atoms. The first-order valence-corrected chi connectivity index (χ1v) is 19.3. The zero-order valence-corrected chi connectivity index (χ0v) is 30.7. The first-order chi connectivity index (χ1) is 27.0. The maximum atomic E-state index is 2.45. The van der Waals surface area contributed by atoms with Gasteiger partial charge in [-0.25, -0.2) is 0 Å². The molecule has 55 heavy (non-hydrogen) atoms. The second kappa shape index (κ2) is 11.1. The summed E-state index contributed by atoms with van der Waals surface area (Å²) in [5, 5.41) is 10.3. The highest BCUT2D eigenvalue weighted by molar-refractivity contribution is 6.18. The summed E-state index contributed by atoms with van der Waals surface area (Å²) in [6, 6.07) is 67.6. The quantitative estimate of drug-likeness (QED) is 0.162. The third kappa shape index (κ3) is 4.20. The molecule has 0 spiro atoms. The van der Waals surface area contributed by atoms with Crippen molar-refractivity contribution in [3.8, 4) is 33.6 Å². The van der Waals surface area contributed by atoms with E-state index in [0.29, 0.717) is 0 Å². The molecule has 0 unspecified atom stereocenters. The molecular weight excluding hydrogens is 665 g/mol. The average Bonchev–Trinajstić information content (AvgIpc) is 3.83. The van der Waals surface area contributed by atoms with Gasteiger partial charge in [-0.05, 0) is 116 Å². The molecule has 0 radical (unpaired) electrons. The molecule has 0 saturated carbocycles. The summed E-state index contributed by atoms with van der Waals surface area (Å²) in [5.74, 6) is 0. The summed E-state index contributed by atoms with van der Waals surface area (Å²) in [7, 11) is 0. The Morgan fingerprint density at radius 1 is 0.364 bits per heavy atom. The highest BCUT2D eigenvalue weighted by atomic mass is 15.0. The van der Waals surface area contributed by atoms with Crippen LogP contribution in [0.15, 0.2) is 182 Å². The number of para-hydroxylation sites is 3. The molecule has 0 saturated heterocycles. The fourth-order valence-electron chi connectivity index (χ4n) is 9.91. The summed E-state index contributed by atoms with van der Waals surface area (Å²) in [5.41, 5.74) is 15.2. The number of aromatic nitrogens is 2. The first kappa shape index (κ1) is 30.6. The van der Waals surface area contributed by atoms with E-state index in [1.807, 2.05) is 0 Å². The van der Waals surface area contributed by atoms with Gasteiger partial charge in [0.2, 0.25) is 0 Å². The Morgan fingerprint density at radius 3 is 1.64 bits per heavy atom. The predicted octanol–water partition coefficient (Wildman–Crippen LogP) is 14.2. The van der Waals surface area contributed by atoms with E-state index < -0.39 is 0 Å². The zero-order valence-electron chi connectivity index (χ0n) is 30.7. The van der Waals surface area contributed by atoms with Gasteiger partial charge in [-0.2, -0.15) is 0 Å². The summed E-state index contributed by atoms with van der Waals surface area (Å²) in [4.78, 5) is 0. The van der Waals surface area contributed by atoms with Crippen molar-refractivity contribution in [3.05, 3.63) is 193 Å². The van der Waals surface area contributed by atoms with Crippen molar-refractivity contribution >= 4 is 65.2 Å². The van der Waals surface area contributed by atoms with Crippen LogP contribution in [0.2, 0.25) is 0 Å². The number of benzene rings is 9. The molecular formula is C53H36N2. The molecule has 0 N–H and O–H groups in total. The largest absolute Gasteiger partial charge is 0.309 e. The summed E-state index contributed by atoms with van der Waals surface area (Å²) in [6.45, 7) is 4.73. The smallest absolute Gasteiger partial charge is 0.0541 e. The van der Waals surface area contributed by atoms with Gasteiger partial charge in [-0.15, -0.1) is 0 Å². The minimum Gasteiger partial charge on any atom is -0.309 e. The Bertz CT molecular complexity index is 3390. The van der Waals surface area contributed by atoms with Crippen molar-refractivity contribution < 1.29 is 0 Å². The fourth-order valence-corrected chi connectivity index (χ4v) is 9.91. The molecule has 2 heteroatoms. The lowest BCUT2D eigenvalue weighted by molar-refractivity contribution is 0.661. The molecule has 1 aliphatic carbocycles. The molecule has 9 aromatic carbocycles. The summed E-state index contributed by atoms with van der Waals surface area (Å²) >= 11 is 0. The van der Waals surface area contributed by atoms with E-state index in [1.165, 1.54) is 110 Å². The Hall–Kier alpha value is -6.90. The van der Waals surface area contributed by atoms with E-state index in [0.717, 1.165) is 0 Å². The molecule has 0 amide bonds. The van der Waals surface area contributed by atoms with Crippen LogP contribution in [0.25, 0.3) is 98.8 Å². The lowest BCUT2D eigenvalue weighted by Gasteiger charge is -2.21. The van der Waals surface area contributed by atoms with E-state index in [9.17, 15) is 0 Å². The van der Waals surface area contributed by atoms with Crippen LogP contribution < -0.4 is 0 Å². The van der Waals surface area contributed by atoms with Crippen molar-refractivity contribution in [2.24, 2.45) is 0 Å². The van der Waals surface area contributed by atoms with Crippen molar-refractivity contribution in [1.82, 2.24) is 9.13 Å². The van der Waals surface area contributed by atoms with Crippen molar-refractivity contribution in [1.29, 1.82) is 0 Å². The van der Waals surface area contributed by atoms with Crippen LogP contribution in [0.1, 0.15) is 25.0 Å². The molecule has 2 aromatic heterocycles. The minimum absolute atomic E-state index is 0.0309. The molecule has 0 aliphatic heterocycles.